The number of benzene rings is 1. The van der Waals surface area contributed by atoms with E-state index in [9.17, 15) is 22.8 Å². The van der Waals surface area contributed by atoms with Gasteiger partial charge in [0.25, 0.3) is 0 Å². The lowest BCUT2D eigenvalue weighted by Gasteiger charge is -2.19. The lowest BCUT2D eigenvalue weighted by atomic mass is 9.83. The third-order valence-corrected chi connectivity index (χ3v) is 4.59. The van der Waals surface area contributed by atoms with E-state index >= 15 is 0 Å². The number of hydrogen-bond donors (Lipinski definition) is 0. The summed E-state index contributed by atoms with van der Waals surface area (Å²) >= 11 is 0. The number of fused-ring (bicyclic) bond motifs is 1. The predicted octanol–water partition coefficient (Wildman–Crippen LogP) is 5.84. The highest BCUT2D eigenvalue weighted by Crippen LogP contribution is 2.29. The Morgan fingerprint density at radius 1 is 1.08 bits per heavy atom. The van der Waals surface area contributed by atoms with E-state index in [1.807, 2.05) is 19.9 Å². The molecule has 0 N–H and O–H groups in total. The van der Waals surface area contributed by atoms with Gasteiger partial charge in [-0.05, 0) is 37.3 Å². The first-order chi connectivity index (χ1) is 11.7. The van der Waals surface area contributed by atoms with E-state index in [0.29, 0.717) is 36.0 Å². The maximum Gasteiger partial charge on any atom is 0.389 e. The third-order valence-electron chi connectivity index (χ3n) is 4.59. The van der Waals surface area contributed by atoms with E-state index < -0.39 is 12.6 Å². The Bertz CT molecular complexity index is 687. The monoisotopic (exact) mass is 352 g/mol. The molecule has 2 rings (SSSR count). The quantitative estimate of drug-likeness (QED) is 0.578. The standard InChI is InChI=1S/C20H23F3O2/c1-13(7-4-3-5-10-20(21,22)23)11-15-12-17(24)18-14(2)8-6-9-16(18)19(15)25/h6,8-9,12-13H,3-5,7,10-11H2,1-2H3. The maximum absolute atomic E-state index is 12.6. The van der Waals surface area contributed by atoms with Crippen molar-refractivity contribution in [1.29, 1.82) is 0 Å². The Balaban J connectivity index is 1.89. The largest absolute Gasteiger partial charge is 0.389 e. The fourth-order valence-corrected chi connectivity index (χ4v) is 3.28. The zero-order valence-electron chi connectivity index (χ0n) is 14.6. The number of aryl methyl sites for hydroxylation is 1. The van der Waals surface area contributed by atoms with E-state index in [2.05, 4.69) is 0 Å². The molecule has 25 heavy (non-hydrogen) atoms. The smallest absolute Gasteiger partial charge is 0.289 e. The van der Waals surface area contributed by atoms with Gasteiger partial charge in [0.15, 0.2) is 11.6 Å². The van der Waals surface area contributed by atoms with Gasteiger partial charge in [-0.1, -0.05) is 44.4 Å². The molecule has 1 aromatic rings. The van der Waals surface area contributed by atoms with E-state index in [1.54, 1.807) is 12.1 Å². The van der Waals surface area contributed by atoms with Gasteiger partial charge in [0, 0.05) is 23.1 Å². The van der Waals surface area contributed by atoms with E-state index in [-0.39, 0.29) is 23.9 Å². The Labute approximate surface area is 146 Å². The van der Waals surface area contributed by atoms with Crippen molar-refractivity contribution in [2.75, 3.05) is 0 Å². The normalized spacial score (nSPS) is 15.8. The molecule has 0 saturated heterocycles. The molecule has 0 bridgehead atoms. The lowest BCUT2D eigenvalue weighted by molar-refractivity contribution is -0.135. The molecular formula is C20H23F3O2. The van der Waals surface area contributed by atoms with Crippen LogP contribution in [-0.2, 0) is 0 Å². The van der Waals surface area contributed by atoms with Gasteiger partial charge in [-0.2, -0.15) is 13.2 Å². The van der Waals surface area contributed by atoms with Crippen molar-refractivity contribution in [3.05, 3.63) is 46.5 Å². The summed E-state index contributed by atoms with van der Waals surface area (Å²) in [6.45, 7) is 3.78. The molecule has 136 valence electrons. The topological polar surface area (TPSA) is 34.1 Å². The fourth-order valence-electron chi connectivity index (χ4n) is 3.28. The molecule has 1 atom stereocenters. The van der Waals surface area contributed by atoms with Gasteiger partial charge in [-0.3, -0.25) is 9.59 Å². The Hall–Kier alpha value is -1.91. The van der Waals surface area contributed by atoms with Gasteiger partial charge < -0.3 is 0 Å². The van der Waals surface area contributed by atoms with Crippen LogP contribution in [0.1, 0.15) is 71.7 Å². The fraction of sp³-hybridized carbons (Fsp3) is 0.500. The van der Waals surface area contributed by atoms with Gasteiger partial charge in [0.05, 0.1) is 0 Å². The molecule has 0 aromatic heterocycles. The zero-order valence-corrected chi connectivity index (χ0v) is 14.6. The van der Waals surface area contributed by atoms with Crippen molar-refractivity contribution in [1.82, 2.24) is 0 Å². The minimum atomic E-state index is -4.09. The van der Waals surface area contributed by atoms with Crippen LogP contribution in [0.2, 0.25) is 0 Å². The number of rotatable bonds is 7. The number of alkyl halides is 3. The van der Waals surface area contributed by atoms with Crippen LogP contribution in [0.15, 0.2) is 29.8 Å². The van der Waals surface area contributed by atoms with Gasteiger partial charge in [-0.15, -0.1) is 0 Å². The summed E-state index contributed by atoms with van der Waals surface area (Å²) in [6, 6.07) is 5.26. The zero-order chi connectivity index (χ0) is 18.6. The minimum absolute atomic E-state index is 0.109. The van der Waals surface area contributed by atoms with Crippen LogP contribution >= 0.6 is 0 Å². The molecular weight excluding hydrogens is 329 g/mol. The van der Waals surface area contributed by atoms with E-state index in [1.165, 1.54) is 6.08 Å². The minimum Gasteiger partial charge on any atom is -0.289 e. The van der Waals surface area contributed by atoms with Crippen LogP contribution < -0.4 is 0 Å². The summed E-state index contributed by atoms with van der Waals surface area (Å²) in [5, 5.41) is 0. The highest BCUT2D eigenvalue weighted by Gasteiger charge is 2.28. The molecule has 5 heteroatoms. The summed E-state index contributed by atoms with van der Waals surface area (Å²) in [7, 11) is 0. The molecule has 0 aliphatic heterocycles. The molecule has 1 aromatic carbocycles. The summed E-state index contributed by atoms with van der Waals surface area (Å²) in [6.07, 6.45) is -0.804. The SMILES string of the molecule is Cc1cccc2c1C(=O)C=C(CC(C)CCCCCC(F)(F)F)C2=O. The molecule has 0 amide bonds. The maximum atomic E-state index is 12.6. The molecule has 0 fully saturated rings. The number of Topliss-reactive ketones (excluding diaryl/α,β-unsaturated/α-hetero) is 1. The second kappa shape index (κ2) is 7.98. The Morgan fingerprint density at radius 2 is 1.80 bits per heavy atom. The van der Waals surface area contributed by atoms with Crippen molar-refractivity contribution in [3.63, 3.8) is 0 Å². The second-order valence-electron chi connectivity index (χ2n) is 6.88. The van der Waals surface area contributed by atoms with Crippen LogP contribution in [0, 0.1) is 12.8 Å². The first-order valence-corrected chi connectivity index (χ1v) is 8.65. The molecule has 0 saturated carbocycles. The van der Waals surface area contributed by atoms with Crippen molar-refractivity contribution < 1.29 is 22.8 Å². The van der Waals surface area contributed by atoms with Gasteiger partial charge in [0.1, 0.15) is 0 Å². The summed E-state index contributed by atoms with van der Waals surface area (Å²) in [5.74, 6) is -0.0949. The molecule has 0 heterocycles. The number of halogens is 3. The summed E-state index contributed by atoms with van der Waals surface area (Å²) < 4.78 is 36.3. The van der Waals surface area contributed by atoms with Crippen LogP contribution in [0.25, 0.3) is 0 Å². The first-order valence-electron chi connectivity index (χ1n) is 8.65. The predicted molar refractivity (Wildman–Crippen MR) is 90.8 cm³/mol. The van der Waals surface area contributed by atoms with Crippen molar-refractivity contribution in [3.8, 4) is 0 Å². The molecule has 0 spiro atoms. The van der Waals surface area contributed by atoms with Gasteiger partial charge >= 0.3 is 6.18 Å². The average Bonchev–Trinajstić information content (AvgIpc) is 2.50. The molecule has 2 nitrogen and oxygen atoms in total. The molecule has 0 radical (unpaired) electrons. The number of hydrogen-bond acceptors (Lipinski definition) is 2. The van der Waals surface area contributed by atoms with E-state index in [4.69, 9.17) is 0 Å². The second-order valence-corrected chi connectivity index (χ2v) is 6.88. The van der Waals surface area contributed by atoms with Crippen LogP contribution in [0.3, 0.4) is 0 Å². The number of carbonyl (C=O) groups is 2. The van der Waals surface area contributed by atoms with Crippen molar-refractivity contribution in [2.24, 2.45) is 5.92 Å². The summed E-state index contributed by atoms with van der Waals surface area (Å²) in [4.78, 5) is 24.9. The number of carbonyl (C=O) groups excluding carboxylic acids is 2. The van der Waals surface area contributed by atoms with Crippen LogP contribution in [0.5, 0.6) is 0 Å². The molecule has 1 aliphatic rings. The van der Waals surface area contributed by atoms with Gasteiger partial charge in [0.2, 0.25) is 0 Å². The molecule has 1 aliphatic carbocycles. The third kappa shape index (κ3) is 5.28. The average molecular weight is 352 g/mol. The number of unbranched alkanes of at least 4 members (excludes halogenated alkanes) is 2. The highest BCUT2D eigenvalue weighted by atomic mass is 19.4. The number of allylic oxidation sites excluding steroid dienone is 2. The molecule has 1 unspecified atom stereocenters. The van der Waals surface area contributed by atoms with Gasteiger partial charge in [-0.25, -0.2) is 0 Å². The summed E-state index contributed by atoms with van der Waals surface area (Å²) in [5.41, 5.74) is 2.24. The Morgan fingerprint density at radius 3 is 2.48 bits per heavy atom. The highest BCUT2D eigenvalue weighted by molar-refractivity contribution is 6.25. The van der Waals surface area contributed by atoms with E-state index in [0.717, 1.165) is 12.0 Å². The van der Waals surface area contributed by atoms with Crippen molar-refractivity contribution in [2.45, 2.75) is 58.5 Å². The van der Waals surface area contributed by atoms with Crippen LogP contribution in [0.4, 0.5) is 13.2 Å². The van der Waals surface area contributed by atoms with Crippen LogP contribution in [-0.4, -0.2) is 17.7 Å². The number of ketones is 2. The Kier molecular flexibility index (Phi) is 6.20. The van der Waals surface area contributed by atoms with Crippen molar-refractivity contribution >= 4 is 11.6 Å². The lowest BCUT2D eigenvalue weighted by Crippen LogP contribution is -2.19. The first kappa shape index (κ1) is 19.4.